The lowest BCUT2D eigenvalue weighted by atomic mass is 10.2. The van der Waals surface area contributed by atoms with E-state index in [4.69, 9.17) is 5.11 Å². The molecule has 0 aliphatic carbocycles. The Kier molecular flexibility index (Phi) is 3.46. The molecule has 2 heterocycles. The smallest absolute Gasteiger partial charge is 0.407 e. The predicted molar refractivity (Wildman–Crippen MR) is 66.1 cm³/mol. The maximum Gasteiger partial charge on any atom is 0.407 e. The molecule has 0 bridgehead atoms. The van der Waals surface area contributed by atoms with Crippen LogP contribution in [0.2, 0.25) is 0 Å². The Morgan fingerprint density at radius 3 is 2.76 bits per heavy atom. The van der Waals surface area contributed by atoms with E-state index in [9.17, 15) is 4.79 Å². The van der Waals surface area contributed by atoms with Crippen LogP contribution in [0.3, 0.4) is 0 Å². The zero-order chi connectivity index (χ0) is 12.4. The molecule has 0 saturated carbocycles. The van der Waals surface area contributed by atoms with Crippen molar-refractivity contribution in [1.82, 2.24) is 14.9 Å². The maximum absolute atomic E-state index is 10.9. The quantitative estimate of drug-likeness (QED) is 0.849. The molecule has 0 aromatic carbocycles. The molecule has 1 aromatic heterocycles. The average Bonchev–Trinajstić information content (AvgIpc) is 2.30. The average molecular weight is 301 g/mol. The molecular formula is C10H13BrN4O2. The van der Waals surface area contributed by atoms with E-state index in [2.05, 4.69) is 30.8 Å². The molecule has 0 radical (unpaired) electrons. The molecule has 0 spiro atoms. The van der Waals surface area contributed by atoms with Crippen LogP contribution < -0.4 is 4.90 Å². The lowest BCUT2D eigenvalue weighted by Crippen LogP contribution is -2.53. The first-order valence-corrected chi connectivity index (χ1v) is 6.09. The highest BCUT2D eigenvalue weighted by molar-refractivity contribution is 9.10. The first kappa shape index (κ1) is 12.1. The number of carboxylic acid groups (broad SMARTS) is 1. The second-order valence-electron chi connectivity index (χ2n) is 3.97. The van der Waals surface area contributed by atoms with E-state index in [1.165, 1.54) is 4.90 Å². The van der Waals surface area contributed by atoms with Crippen LogP contribution in [-0.2, 0) is 0 Å². The summed E-state index contributed by atoms with van der Waals surface area (Å²) < 4.78 is 0.693. The minimum absolute atomic E-state index is 0.107. The Hall–Kier alpha value is -1.37. The van der Waals surface area contributed by atoms with Crippen molar-refractivity contribution in [3.8, 4) is 0 Å². The number of amides is 1. The van der Waals surface area contributed by atoms with Gasteiger partial charge in [0.05, 0.1) is 12.4 Å². The highest BCUT2D eigenvalue weighted by Crippen LogP contribution is 2.18. The van der Waals surface area contributed by atoms with Crippen LogP contribution in [0, 0.1) is 0 Å². The van der Waals surface area contributed by atoms with Crippen molar-refractivity contribution >= 4 is 27.8 Å². The van der Waals surface area contributed by atoms with Gasteiger partial charge in [-0.25, -0.2) is 14.8 Å². The molecule has 1 N–H and O–H groups in total. The molecule has 6 nitrogen and oxygen atoms in total. The normalized spacial score (nSPS) is 20.5. The lowest BCUT2D eigenvalue weighted by molar-refractivity contribution is 0.136. The predicted octanol–water partition coefficient (Wildman–Crippen LogP) is 1.43. The zero-order valence-corrected chi connectivity index (χ0v) is 11.0. The molecular weight excluding hydrogens is 288 g/mol. The molecule has 1 atom stereocenters. The van der Waals surface area contributed by atoms with E-state index in [0.29, 0.717) is 24.2 Å². The van der Waals surface area contributed by atoms with Gasteiger partial charge in [-0.15, -0.1) is 0 Å². The summed E-state index contributed by atoms with van der Waals surface area (Å²) in [5.74, 6) is 0.783. The van der Waals surface area contributed by atoms with Crippen LogP contribution in [-0.4, -0.2) is 51.7 Å². The Labute approximate surface area is 107 Å². The Bertz CT molecular complexity index is 411. The fraction of sp³-hybridized carbons (Fsp3) is 0.500. The van der Waals surface area contributed by atoms with Gasteiger partial charge in [-0.3, -0.25) is 0 Å². The summed E-state index contributed by atoms with van der Waals surface area (Å²) in [7, 11) is 0. The monoisotopic (exact) mass is 300 g/mol. The molecule has 92 valence electrons. The Morgan fingerprint density at radius 2 is 2.24 bits per heavy atom. The minimum Gasteiger partial charge on any atom is -0.465 e. The SMILES string of the molecule is CC1CN(C(=O)O)CCN1c1cnc(Br)cn1. The fourth-order valence-corrected chi connectivity index (χ4v) is 2.13. The molecule has 2 rings (SSSR count). The van der Waals surface area contributed by atoms with Gasteiger partial charge in [-0.05, 0) is 22.9 Å². The Balaban J connectivity index is 2.09. The third-order valence-corrected chi connectivity index (χ3v) is 3.21. The molecule has 1 fully saturated rings. The molecule has 1 unspecified atom stereocenters. The highest BCUT2D eigenvalue weighted by atomic mass is 79.9. The van der Waals surface area contributed by atoms with E-state index in [1.54, 1.807) is 12.4 Å². The number of halogens is 1. The van der Waals surface area contributed by atoms with Gasteiger partial charge < -0.3 is 14.9 Å². The van der Waals surface area contributed by atoms with Crippen LogP contribution in [0.5, 0.6) is 0 Å². The van der Waals surface area contributed by atoms with Gasteiger partial charge in [0.1, 0.15) is 10.4 Å². The van der Waals surface area contributed by atoms with E-state index in [0.717, 1.165) is 5.82 Å². The summed E-state index contributed by atoms with van der Waals surface area (Å²) in [4.78, 5) is 22.8. The van der Waals surface area contributed by atoms with Gasteiger partial charge >= 0.3 is 6.09 Å². The number of nitrogens with zero attached hydrogens (tertiary/aromatic N) is 4. The second-order valence-corrected chi connectivity index (χ2v) is 4.78. The first-order chi connectivity index (χ1) is 8.08. The first-order valence-electron chi connectivity index (χ1n) is 5.30. The highest BCUT2D eigenvalue weighted by Gasteiger charge is 2.27. The molecule has 1 amide bonds. The summed E-state index contributed by atoms with van der Waals surface area (Å²) >= 11 is 3.24. The number of aromatic nitrogens is 2. The van der Waals surface area contributed by atoms with Crippen molar-refractivity contribution in [3.63, 3.8) is 0 Å². The third-order valence-electron chi connectivity index (χ3n) is 2.80. The van der Waals surface area contributed by atoms with Crippen molar-refractivity contribution in [2.24, 2.45) is 0 Å². The fourth-order valence-electron chi connectivity index (χ4n) is 1.93. The maximum atomic E-state index is 10.9. The molecule has 1 aliphatic rings. The third kappa shape index (κ3) is 2.66. The van der Waals surface area contributed by atoms with Crippen molar-refractivity contribution in [3.05, 3.63) is 17.0 Å². The van der Waals surface area contributed by atoms with E-state index >= 15 is 0 Å². The van der Waals surface area contributed by atoms with Gasteiger partial charge in [0.2, 0.25) is 0 Å². The van der Waals surface area contributed by atoms with Crippen LogP contribution in [0.1, 0.15) is 6.92 Å². The van der Waals surface area contributed by atoms with Crippen LogP contribution in [0.15, 0.2) is 17.0 Å². The standard InChI is InChI=1S/C10H13BrN4O2/c1-7-6-14(10(16)17)2-3-15(7)9-5-12-8(11)4-13-9/h4-5,7H,2-3,6H2,1H3,(H,16,17). The lowest BCUT2D eigenvalue weighted by Gasteiger charge is -2.39. The van der Waals surface area contributed by atoms with E-state index in [1.807, 2.05) is 6.92 Å². The van der Waals surface area contributed by atoms with Gasteiger partial charge in [0, 0.05) is 25.7 Å². The summed E-state index contributed by atoms with van der Waals surface area (Å²) in [6, 6.07) is 0.107. The number of rotatable bonds is 1. The Morgan fingerprint density at radius 1 is 1.47 bits per heavy atom. The minimum atomic E-state index is -0.863. The zero-order valence-electron chi connectivity index (χ0n) is 9.38. The summed E-state index contributed by atoms with van der Waals surface area (Å²) in [5, 5.41) is 8.92. The molecule has 17 heavy (non-hydrogen) atoms. The molecule has 1 aromatic rings. The molecule has 1 aliphatic heterocycles. The van der Waals surface area contributed by atoms with Crippen molar-refractivity contribution < 1.29 is 9.90 Å². The summed E-state index contributed by atoms with van der Waals surface area (Å²) in [6.07, 6.45) is 2.47. The number of hydrogen-bond donors (Lipinski definition) is 1. The van der Waals surface area contributed by atoms with E-state index in [-0.39, 0.29) is 6.04 Å². The van der Waals surface area contributed by atoms with E-state index < -0.39 is 6.09 Å². The molecule has 7 heteroatoms. The summed E-state index contributed by atoms with van der Waals surface area (Å²) in [5.41, 5.74) is 0. The molecule has 1 saturated heterocycles. The van der Waals surface area contributed by atoms with Gasteiger partial charge in [-0.1, -0.05) is 0 Å². The number of hydrogen-bond acceptors (Lipinski definition) is 4. The van der Waals surface area contributed by atoms with Crippen molar-refractivity contribution in [2.75, 3.05) is 24.5 Å². The second kappa shape index (κ2) is 4.87. The van der Waals surface area contributed by atoms with Gasteiger partial charge in [-0.2, -0.15) is 0 Å². The van der Waals surface area contributed by atoms with Gasteiger partial charge in [0.25, 0.3) is 0 Å². The largest absolute Gasteiger partial charge is 0.465 e. The summed E-state index contributed by atoms with van der Waals surface area (Å²) in [6.45, 7) is 3.62. The number of carbonyl (C=O) groups is 1. The van der Waals surface area contributed by atoms with Crippen LogP contribution in [0.25, 0.3) is 0 Å². The van der Waals surface area contributed by atoms with Crippen LogP contribution >= 0.6 is 15.9 Å². The van der Waals surface area contributed by atoms with Crippen LogP contribution in [0.4, 0.5) is 10.6 Å². The van der Waals surface area contributed by atoms with Gasteiger partial charge in [0.15, 0.2) is 0 Å². The number of anilines is 1. The van der Waals surface area contributed by atoms with Crippen molar-refractivity contribution in [2.45, 2.75) is 13.0 Å². The topological polar surface area (TPSA) is 69.6 Å². The van der Waals surface area contributed by atoms with Crippen molar-refractivity contribution in [1.29, 1.82) is 0 Å². The number of piperazine rings is 1.